The molecule has 2 rings (SSSR count). The molecule has 0 aromatic carbocycles. The van der Waals surface area contributed by atoms with E-state index in [0.29, 0.717) is 11.0 Å². The fraction of sp³-hybridized carbons (Fsp3) is 1.00. The van der Waals surface area contributed by atoms with Crippen molar-refractivity contribution in [2.75, 3.05) is 6.54 Å². The molecule has 1 aliphatic carbocycles. The van der Waals surface area contributed by atoms with Crippen molar-refractivity contribution >= 4 is 0 Å². The third-order valence-corrected chi connectivity index (χ3v) is 4.79. The first-order chi connectivity index (χ1) is 7.04. The van der Waals surface area contributed by atoms with Gasteiger partial charge in [0, 0.05) is 5.54 Å². The summed E-state index contributed by atoms with van der Waals surface area (Å²) in [6.45, 7) is 8.49. The topological polar surface area (TPSA) is 12.0 Å². The van der Waals surface area contributed by atoms with Crippen molar-refractivity contribution in [1.29, 1.82) is 0 Å². The van der Waals surface area contributed by atoms with Crippen molar-refractivity contribution < 1.29 is 0 Å². The van der Waals surface area contributed by atoms with Gasteiger partial charge in [-0.3, -0.25) is 0 Å². The lowest BCUT2D eigenvalue weighted by Crippen LogP contribution is -2.51. The zero-order valence-corrected chi connectivity index (χ0v) is 10.7. The van der Waals surface area contributed by atoms with Gasteiger partial charge in [-0.25, -0.2) is 0 Å². The summed E-state index contributed by atoms with van der Waals surface area (Å²) >= 11 is 0. The summed E-state index contributed by atoms with van der Waals surface area (Å²) in [7, 11) is 0. The summed E-state index contributed by atoms with van der Waals surface area (Å²) in [5, 5.41) is 3.84. The normalized spacial score (nSPS) is 33.8. The lowest BCUT2D eigenvalue weighted by atomic mass is 9.68. The van der Waals surface area contributed by atoms with E-state index < -0.39 is 0 Å². The van der Waals surface area contributed by atoms with Crippen LogP contribution in [0.15, 0.2) is 0 Å². The predicted molar refractivity (Wildman–Crippen MR) is 66.0 cm³/mol. The fourth-order valence-corrected chi connectivity index (χ4v) is 3.63. The van der Waals surface area contributed by atoms with Crippen LogP contribution >= 0.6 is 0 Å². The first kappa shape index (κ1) is 11.4. The Hall–Kier alpha value is -0.0400. The summed E-state index contributed by atoms with van der Waals surface area (Å²) in [5.41, 5.74) is 0.869. The van der Waals surface area contributed by atoms with Crippen LogP contribution in [0.5, 0.6) is 0 Å². The number of hydrogen-bond acceptors (Lipinski definition) is 1. The Morgan fingerprint density at radius 1 is 1.13 bits per heavy atom. The molecule has 0 bridgehead atoms. The molecule has 0 spiro atoms. The molecule has 15 heavy (non-hydrogen) atoms. The highest BCUT2D eigenvalue weighted by Gasteiger charge is 2.45. The van der Waals surface area contributed by atoms with E-state index in [1.807, 2.05) is 0 Å². The van der Waals surface area contributed by atoms with Gasteiger partial charge in [-0.1, -0.05) is 46.5 Å². The van der Waals surface area contributed by atoms with Crippen LogP contribution in [0.2, 0.25) is 0 Å². The van der Waals surface area contributed by atoms with E-state index in [2.05, 4.69) is 26.1 Å². The highest BCUT2D eigenvalue weighted by atomic mass is 15.0. The summed E-state index contributed by atoms with van der Waals surface area (Å²) in [5.74, 6) is 1.01. The highest BCUT2D eigenvalue weighted by molar-refractivity contribution is 5.02. The Balaban J connectivity index is 2.05. The number of nitrogens with one attached hydrogen (secondary N) is 1. The SMILES string of the molecule is CC(C)(C)C1(CC2CCCC2)CCCN1. The molecule has 88 valence electrons. The molecule has 1 saturated heterocycles. The molecular formula is C14H27N. The molecule has 0 aromatic heterocycles. The fourth-order valence-electron chi connectivity index (χ4n) is 3.63. The predicted octanol–water partition coefficient (Wildman–Crippen LogP) is 3.74. The van der Waals surface area contributed by atoms with Crippen molar-refractivity contribution in [3.05, 3.63) is 0 Å². The molecule has 1 aliphatic heterocycles. The lowest BCUT2D eigenvalue weighted by Gasteiger charge is -2.44. The Morgan fingerprint density at radius 3 is 2.27 bits per heavy atom. The molecule has 1 saturated carbocycles. The zero-order chi connectivity index (χ0) is 10.9. The van der Waals surface area contributed by atoms with Crippen LogP contribution in [0.25, 0.3) is 0 Å². The molecule has 1 heterocycles. The van der Waals surface area contributed by atoms with Gasteiger partial charge in [-0.2, -0.15) is 0 Å². The molecule has 1 N–H and O–H groups in total. The number of hydrogen-bond donors (Lipinski definition) is 1. The molecule has 2 fully saturated rings. The summed E-state index contributed by atoms with van der Waals surface area (Å²) in [4.78, 5) is 0. The van der Waals surface area contributed by atoms with E-state index in [1.165, 1.54) is 51.5 Å². The lowest BCUT2D eigenvalue weighted by molar-refractivity contribution is 0.125. The largest absolute Gasteiger partial charge is 0.311 e. The quantitative estimate of drug-likeness (QED) is 0.730. The Labute approximate surface area is 95.0 Å². The van der Waals surface area contributed by atoms with Gasteiger partial charge in [0.25, 0.3) is 0 Å². The van der Waals surface area contributed by atoms with Crippen LogP contribution in [0.4, 0.5) is 0 Å². The summed E-state index contributed by atoms with van der Waals surface area (Å²) < 4.78 is 0. The molecular weight excluding hydrogens is 182 g/mol. The van der Waals surface area contributed by atoms with E-state index in [1.54, 1.807) is 0 Å². The van der Waals surface area contributed by atoms with Gasteiger partial charge in [0.05, 0.1) is 0 Å². The Bertz CT molecular complexity index is 202. The van der Waals surface area contributed by atoms with Crippen LogP contribution < -0.4 is 5.32 Å². The smallest absolute Gasteiger partial charge is 0.0232 e. The van der Waals surface area contributed by atoms with Gasteiger partial charge >= 0.3 is 0 Å². The monoisotopic (exact) mass is 209 g/mol. The van der Waals surface area contributed by atoms with Crippen LogP contribution in [0.1, 0.15) is 65.7 Å². The summed E-state index contributed by atoms with van der Waals surface area (Å²) in [6, 6.07) is 0. The molecule has 1 heteroatoms. The maximum absolute atomic E-state index is 3.84. The van der Waals surface area contributed by atoms with Gasteiger partial charge < -0.3 is 5.32 Å². The highest BCUT2D eigenvalue weighted by Crippen LogP contribution is 2.44. The van der Waals surface area contributed by atoms with Gasteiger partial charge in [0.2, 0.25) is 0 Å². The maximum Gasteiger partial charge on any atom is 0.0232 e. The third kappa shape index (κ3) is 2.22. The average molecular weight is 209 g/mol. The van der Waals surface area contributed by atoms with Crippen molar-refractivity contribution in [1.82, 2.24) is 5.32 Å². The molecule has 1 nitrogen and oxygen atoms in total. The first-order valence-corrected chi connectivity index (χ1v) is 6.79. The van der Waals surface area contributed by atoms with Crippen molar-refractivity contribution in [2.45, 2.75) is 71.3 Å². The minimum Gasteiger partial charge on any atom is -0.311 e. The van der Waals surface area contributed by atoms with E-state index in [9.17, 15) is 0 Å². The minimum absolute atomic E-state index is 0.423. The standard InChI is InChI=1S/C14H27N/c1-13(2,3)14(9-6-10-15-14)11-12-7-4-5-8-12/h12,15H,4-11H2,1-3H3. The number of rotatable bonds is 2. The second-order valence-corrected chi connectivity index (χ2v) is 6.72. The molecule has 0 aromatic rings. The van der Waals surface area contributed by atoms with E-state index in [-0.39, 0.29) is 0 Å². The molecule has 1 atom stereocenters. The van der Waals surface area contributed by atoms with Gasteiger partial charge in [-0.15, -0.1) is 0 Å². The van der Waals surface area contributed by atoms with Gasteiger partial charge in [0.15, 0.2) is 0 Å². The van der Waals surface area contributed by atoms with Crippen LogP contribution in [0.3, 0.4) is 0 Å². The Kier molecular flexibility index (Phi) is 3.12. The first-order valence-electron chi connectivity index (χ1n) is 6.79. The van der Waals surface area contributed by atoms with Crippen molar-refractivity contribution in [2.24, 2.45) is 11.3 Å². The van der Waals surface area contributed by atoms with E-state index in [0.717, 1.165) is 5.92 Å². The van der Waals surface area contributed by atoms with Gasteiger partial charge in [0.1, 0.15) is 0 Å². The average Bonchev–Trinajstić information content (AvgIpc) is 2.74. The third-order valence-electron chi connectivity index (χ3n) is 4.79. The van der Waals surface area contributed by atoms with Crippen LogP contribution in [-0.2, 0) is 0 Å². The second kappa shape index (κ2) is 4.08. The van der Waals surface area contributed by atoms with Crippen LogP contribution in [-0.4, -0.2) is 12.1 Å². The molecule has 2 aliphatic rings. The summed E-state index contributed by atoms with van der Waals surface area (Å²) in [6.07, 6.45) is 10.1. The van der Waals surface area contributed by atoms with Crippen molar-refractivity contribution in [3.63, 3.8) is 0 Å². The molecule has 0 amide bonds. The maximum atomic E-state index is 3.84. The van der Waals surface area contributed by atoms with E-state index >= 15 is 0 Å². The Morgan fingerprint density at radius 2 is 1.80 bits per heavy atom. The second-order valence-electron chi connectivity index (χ2n) is 6.72. The van der Waals surface area contributed by atoms with E-state index in [4.69, 9.17) is 0 Å². The van der Waals surface area contributed by atoms with Gasteiger partial charge in [-0.05, 0) is 37.1 Å². The molecule has 0 radical (unpaired) electrons. The molecule has 1 unspecified atom stereocenters. The van der Waals surface area contributed by atoms with Crippen LogP contribution in [0, 0.1) is 11.3 Å². The zero-order valence-electron chi connectivity index (χ0n) is 10.7. The minimum atomic E-state index is 0.423. The van der Waals surface area contributed by atoms with Crippen molar-refractivity contribution in [3.8, 4) is 0 Å².